The molecule has 0 heterocycles. The van der Waals surface area contributed by atoms with Crippen molar-refractivity contribution in [2.45, 2.75) is 60.1 Å². The monoisotopic (exact) mass is 471 g/mol. The zero-order valence-electron chi connectivity index (χ0n) is 21.3. The molecule has 0 aliphatic rings. The van der Waals surface area contributed by atoms with Gasteiger partial charge in [-0.05, 0) is 75.7 Å². The summed E-state index contributed by atoms with van der Waals surface area (Å²) in [4.78, 5) is 24.3. The lowest BCUT2D eigenvalue weighted by Gasteiger charge is -2.19. The number of rotatable bonds is 8. The lowest BCUT2D eigenvalue weighted by molar-refractivity contribution is 0.0523. The van der Waals surface area contributed by atoms with Crippen molar-refractivity contribution in [1.29, 1.82) is 0 Å². The van der Waals surface area contributed by atoms with Gasteiger partial charge in [0.2, 0.25) is 0 Å². The summed E-state index contributed by atoms with van der Waals surface area (Å²) in [6.07, 6.45) is 2.16. The predicted octanol–water partition coefficient (Wildman–Crippen LogP) is 6.14. The SMILES string of the molecule is CC.CC/C(=C\CNC)c1ccc(NC(=O)c2ccc(CNC(=O)OC(C)(C)C)cc2)cc1F. The quantitative estimate of drug-likeness (QED) is 0.432. The molecule has 0 aliphatic heterocycles. The zero-order chi connectivity index (χ0) is 25.7. The van der Waals surface area contributed by atoms with Crippen LogP contribution in [0.25, 0.3) is 5.57 Å². The Bertz CT molecular complexity index is 964. The molecular weight excluding hydrogens is 433 g/mol. The number of allylic oxidation sites excluding steroid dienone is 1. The van der Waals surface area contributed by atoms with E-state index in [1.54, 1.807) is 57.2 Å². The molecule has 0 bridgehead atoms. The van der Waals surface area contributed by atoms with Gasteiger partial charge < -0.3 is 20.7 Å². The fourth-order valence-corrected chi connectivity index (χ4v) is 2.99. The van der Waals surface area contributed by atoms with Crippen molar-refractivity contribution in [2.24, 2.45) is 0 Å². The Kier molecular flexibility index (Phi) is 12.0. The van der Waals surface area contributed by atoms with Gasteiger partial charge in [0.1, 0.15) is 11.4 Å². The first-order valence-electron chi connectivity index (χ1n) is 11.6. The maximum atomic E-state index is 14.6. The molecule has 0 saturated heterocycles. The summed E-state index contributed by atoms with van der Waals surface area (Å²) in [6, 6.07) is 11.5. The molecule has 6 nitrogen and oxygen atoms in total. The Morgan fingerprint density at radius 2 is 1.71 bits per heavy atom. The zero-order valence-corrected chi connectivity index (χ0v) is 21.3. The van der Waals surface area contributed by atoms with Gasteiger partial charge in [-0.1, -0.05) is 39.0 Å². The molecule has 186 valence electrons. The van der Waals surface area contributed by atoms with Gasteiger partial charge in [0.25, 0.3) is 5.91 Å². The molecule has 0 aliphatic carbocycles. The molecule has 0 fully saturated rings. The molecule has 7 heteroatoms. The van der Waals surface area contributed by atoms with Crippen LogP contribution in [0.4, 0.5) is 14.9 Å². The number of carbonyl (C=O) groups is 2. The molecule has 2 amide bonds. The second-order valence-corrected chi connectivity index (χ2v) is 8.34. The first-order chi connectivity index (χ1) is 16.1. The molecular formula is C27H38FN3O3. The van der Waals surface area contributed by atoms with Crippen LogP contribution in [0.1, 0.15) is 69.4 Å². The number of hydrogen-bond acceptors (Lipinski definition) is 4. The number of carbonyl (C=O) groups excluding carboxylic acids is 2. The van der Waals surface area contributed by atoms with Gasteiger partial charge >= 0.3 is 6.09 Å². The van der Waals surface area contributed by atoms with Crippen LogP contribution in [0.5, 0.6) is 0 Å². The molecule has 0 spiro atoms. The van der Waals surface area contributed by atoms with Gasteiger partial charge in [0, 0.05) is 29.9 Å². The van der Waals surface area contributed by atoms with Gasteiger partial charge in [-0.3, -0.25) is 4.79 Å². The standard InChI is InChI=1S/C25H32FN3O3.C2H6/c1-6-18(13-14-27-5)21-12-11-20(15-22(21)26)29-23(30)19-9-7-17(8-10-19)16-28-24(31)32-25(2,3)4;1-2/h7-13,15,27H,6,14,16H2,1-5H3,(H,28,31)(H,29,30);1-2H3/b18-13+;. The summed E-state index contributed by atoms with van der Waals surface area (Å²) in [5.41, 5.74) is 2.51. The highest BCUT2D eigenvalue weighted by Gasteiger charge is 2.16. The smallest absolute Gasteiger partial charge is 0.407 e. The summed E-state index contributed by atoms with van der Waals surface area (Å²) in [6.45, 7) is 12.3. The minimum absolute atomic E-state index is 0.282. The molecule has 0 atom stereocenters. The Hall–Kier alpha value is -3.19. The van der Waals surface area contributed by atoms with Crippen molar-refractivity contribution in [3.8, 4) is 0 Å². The number of anilines is 1. The summed E-state index contributed by atoms with van der Waals surface area (Å²) in [5.74, 6) is -0.721. The Morgan fingerprint density at radius 3 is 2.24 bits per heavy atom. The van der Waals surface area contributed by atoms with E-state index in [0.29, 0.717) is 29.8 Å². The lowest BCUT2D eigenvalue weighted by atomic mass is 10.0. The normalized spacial score (nSPS) is 11.2. The first-order valence-corrected chi connectivity index (χ1v) is 11.6. The summed E-state index contributed by atoms with van der Waals surface area (Å²) < 4.78 is 19.8. The third-order valence-corrected chi connectivity index (χ3v) is 4.56. The number of ether oxygens (including phenoxy) is 1. The molecule has 34 heavy (non-hydrogen) atoms. The number of nitrogens with one attached hydrogen (secondary N) is 3. The van der Waals surface area contributed by atoms with Crippen molar-refractivity contribution in [1.82, 2.24) is 10.6 Å². The van der Waals surface area contributed by atoms with Crippen LogP contribution in [-0.4, -0.2) is 31.2 Å². The van der Waals surface area contributed by atoms with Crippen LogP contribution in [0.15, 0.2) is 48.5 Å². The largest absolute Gasteiger partial charge is 0.444 e. The van der Waals surface area contributed by atoms with Crippen LogP contribution >= 0.6 is 0 Å². The number of likely N-dealkylation sites (N-methyl/N-ethyl adjacent to an activating group) is 1. The highest BCUT2D eigenvalue weighted by molar-refractivity contribution is 6.04. The fraction of sp³-hybridized carbons (Fsp3) is 0.407. The van der Waals surface area contributed by atoms with Crippen LogP contribution in [-0.2, 0) is 11.3 Å². The molecule has 0 saturated carbocycles. The summed E-state index contributed by atoms with van der Waals surface area (Å²) in [5, 5.41) is 8.41. The van der Waals surface area contributed by atoms with E-state index in [9.17, 15) is 14.0 Å². The molecule has 2 rings (SSSR count). The first kappa shape index (κ1) is 28.8. The molecule has 0 unspecified atom stereocenters. The van der Waals surface area contributed by atoms with Crippen LogP contribution in [0.3, 0.4) is 0 Å². The highest BCUT2D eigenvalue weighted by atomic mass is 19.1. The van der Waals surface area contributed by atoms with Crippen molar-refractivity contribution >= 4 is 23.3 Å². The second-order valence-electron chi connectivity index (χ2n) is 8.34. The second kappa shape index (κ2) is 14.2. The van der Waals surface area contributed by atoms with E-state index < -0.39 is 11.7 Å². The average Bonchev–Trinajstić information content (AvgIpc) is 2.80. The Balaban J connectivity index is 0.00000281. The number of halogens is 1. The van der Waals surface area contributed by atoms with Crippen LogP contribution in [0, 0.1) is 5.82 Å². The van der Waals surface area contributed by atoms with E-state index in [-0.39, 0.29) is 18.3 Å². The maximum Gasteiger partial charge on any atom is 0.407 e. The summed E-state index contributed by atoms with van der Waals surface area (Å²) >= 11 is 0. The molecule has 2 aromatic carbocycles. The van der Waals surface area contributed by atoms with E-state index in [2.05, 4.69) is 16.0 Å². The van der Waals surface area contributed by atoms with E-state index in [0.717, 1.165) is 11.1 Å². The average molecular weight is 472 g/mol. The number of hydrogen-bond donors (Lipinski definition) is 3. The Morgan fingerprint density at radius 1 is 1.06 bits per heavy atom. The Labute approximate surface area is 203 Å². The van der Waals surface area contributed by atoms with Gasteiger partial charge in [-0.25, -0.2) is 9.18 Å². The summed E-state index contributed by atoms with van der Waals surface area (Å²) in [7, 11) is 1.84. The third kappa shape index (κ3) is 9.75. The number of benzene rings is 2. The third-order valence-electron chi connectivity index (χ3n) is 4.56. The minimum Gasteiger partial charge on any atom is -0.444 e. The van der Waals surface area contributed by atoms with Crippen LogP contribution in [0.2, 0.25) is 0 Å². The number of alkyl carbamates (subject to hydrolysis) is 1. The van der Waals surface area contributed by atoms with Gasteiger partial charge in [-0.15, -0.1) is 0 Å². The van der Waals surface area contributed by atoms with E-state index in [4.69, 9.17) is 4.74 Å². The van der Waals surface area contributed by atoms with E-state index in [1.807, 2.05) is 33.9 Å². The molecule has 0 aromatic heterocycles. The van der Waals surface area contributed by atoms with Gasteiger partial charge in [-0.2, -0.15) is 0 Å². The minimum atomic E-state index is -0.565. The van der Waals surface area contributed by atoms with Crippen molar-refractivity contribution in [2.75, 3.05) is 18.9 Å². The van der Waals surface area contributed by atoms with Gasteiger partial charge in [0.05, 0.1) is 0 Å². The molecule has 0 radical (unpaired) electrons. The fourth-order valence-electron chi connectivity index (χ4n) is 2.99. The number of amides is 2. The lowest BCUT2D eigenvalue weighted by Crippen LogP contribution is -2.32. The highest BCUT2D eigenvalue weighted by Crippen LogP contribution is 2.24. The van der Waals surface area contributed by atoms with Gasteiger partial charge in [0.15, 0.2) is 0 Å². The van der Waals surface area contributed by atoms with Crippen molar-refractivity contribution in [3.63, 3.8) is 0 Å². The predicted molar refractivity (Wildman–Crippen MR) is 137 cm³/mol. The van der Waals surface area contributed by atoms with Crippen LogP contribution < -0.4 is 16.0 Å². The topological polar surface area (TPSA) is 79.5 Å². The molecule has 3 N–H and O–H groups in total. The van der Waals surface area contributed by atoms with Crippen molar-refractivity contribution < 1.29 is 18.7 Å². The van der Waals surface area contributed by atoms with E-state index >= 15 is 0 Å². The maximum absolute atomic E-state index is 14.6. The molecule has 2 aromatic rings. The van der Waals surface area contributed by atoms with E-state index in [1.165, 1.54) is 6.07 Å². The van der Waals surface area contributed by atoms with Crippen molar-refractivity contribution in [3.05, 3.63) is 71.0 Å².